The summed E-state index contributed by atoms with van der Waals surface area (Å²) in [6.45, 7) is 2.09. The molecule has 0 bridgehead atoms. The zero-order valence-corrected chi connectivity index (χ0v) is 11.2. The van der Waals surface area contributed by atoms with Crippen molar-refractivity contribution in [3.8, 4) is 23.3 Å². The molecule has 1 rings (SSSR count). The number of methoxy groups -OCH3 is 2. The van der Waals surface area contributed by atoms with Crippen LogP contribution in [0.2, 0.25) is 0 Å². The lowest BCUT2D eigenvalue weighted by atomic mass is 10.1. The van der Waals surface area contributed by atoms with Gasteiger partial charge in [-0.1, -0.05) is 31.6 Å². The number of aliphatic hydroxyl groups excluding tert-OH is 1. The Morgan fingerprint density at radius 2 is 1.78 bits per heavy atom. The van der Waals surface area contributed by atoms with E-state index in [1.165, 1.54) is 0 Å². The van der Waals surface area contributed by atoms with Gasteiger partial charge >= 0.3 is 0 Å². The minimum Gasteiger partial charge on any atom is -0.497 e. The van der Waals surface area contributed by atoms with Gasteiger partial charge in [-0.3, -0.25) is 0 Å². The third kappa shape index (κ3) is 4.68. The lowest BCUT2D eigenvalue weighted by molar-refractivity contribution is 0.218. The van der Waals surface area contributed by atoms with Crippen molar-refractivity contribution in [2.45, 2.75) is 32.3 Å². The maximum atomic E-state index is 9.66. The summed E-state index contributed by atoms with van der Waals surface area (Å²) in [5.41, 5.74) is 0.779. The summed E-state index contributed by atoms with van der Waals surface area (Å²) in [5, 5.41) is 9.66. The molecule has 18 heavy (non-hydrogen) atoms. The lowest BCUT2D eigenvalue weighted by Crippen LogP contribution is -2.01. The maximum absolute atomic E-state index is 9.66. The average molecular weight is 248 g/mol. The van der Waals surface area contributed by atoms with E-state index in [1.807, 2.05) is 12.1 Å². The molecule has 0 saturated carbocycles. The Morgan fingerprint density at radius 1 is 1.17 bits per heavy atom. The van der Waals surface area contributed by atoms with Gasteiger partial charge < -0.3 is 14.6 Å². The molecule has 1 aromatic carbocycles. The van der Waals surface area contributed by atoms with Crippen molar-refractivity contribution in [1.29, 1.82) is 0 Å². The summed E-state index contributed by atoms with van der Waals surface area (Å²) in [7, 11) is 3.20. The van der Waals surface area contributed by atoms with Gasteiger partial charge in [0.05, 0.1) is 14.2 Å². The van der Waals surface area contributed by atoms with E-state index in [0.29, 0.717) is 17.9 Å². The van der Waals surface area contributed by atoms with Crippen molar-refractivity contribution in [1.82, 2.24) is 0 Å². The molecule has 0 amide bonds. The summed E-state index contributed by atoms with van der Waals surface area (Å²) < 4.78 is 10.3. The standard InChI is InChI=1S/C15H20O3/c1-4-5-6-13(16)8-7-12-9-14(17-2)11-15(10-12)18-3/h9-11,13,16H,4-6H2,1-3H3. The molecule has 0 aliphatic carbocycles. The van der Waals surface area contributed by atoms with Crippen LogP contribution in [0, 0.1) is 11.8 Å². The first-order chi connectivity index (χ1) is 8.69. The number of benzene rings is 1. The van der Waals surface area contributed by atoms with Crippen LogP contribution < -0.4 is 9.47 Å². The second-order valence-corrected chi connectivity index (χ2v) is 4.03. The Hall–Kier alpha value is -1.66. The Labute approximate surface area is 109 Å². The zero-order valence-electron chi connectivity index (χ0n) is 11.2. The molecular formula is C15H20O3. The van der Waals surface area contributed by atoms with E-state index in [1.54, 1.807) is 20.3 Å². The first-order valence-electron chi connectivity index (χ1n) is 6.12. The molecule has 1 unspecified atom stereocenters. The molecule has 0 aliphatic heterocycles. The number of ether oxygens (including phenoxy) is 2. The molecule has 0 saturated heterocycles. The molecule has 0 aromatic heterocycles. The van der Waals surface area contributed by atoms with Crippen molar-refractivity contribution >= 4 is 0 Å². The third-order valence-electron chi connectivity index (χ3n) is 2.57. The van der Waals surface area contributed by atoms with E-state index in [9.17, 15) is 5.11 Å². The van der Waals surface area contributed by atoms with Gasteiger partial charge in [0.2, 0.25) is 0 Å². The Balaban J connectivity index is 2.80. The molecule has 3 nitrogen and oxygen atoms in total. The Bertz CT molecular complexity index is 407. The highest BCUT2D eigenvalue weighted by molar-refractivity contribution is 5.46. The number of rotatable bonds is 5. The summed E-state index contributed by atoms with van der Waals surface area (Å²) in [4.78, 5) is 0. The van der Waals surface area contributed by atoms with Crippen LogP contribution >= 0.6 is 0 Å². The molecular weight excluding hydrogens is 228 g/mol. The number of unbranched alkanes of at least 4 members (excludes halogenated alkanes) is 1. The smallest absolute Gasteiger partial charge is 0.123 e. The van der Waals surface area contributed by atoms with E-state index in [0.717, 1.165) is 18.4 Å². The summed E-state index contributed by atoms with van der Waals surface area (Å²) in [6.07, 6.45) is 2.19. The lowest BCUT2D eigenvalue weighted by Gasteiger charge is -2.05. The first kappa shape index (κ1) is 14.4. The molecule has 98 valence electrons. The van der Waals surface area contributed by atoms with Gasteiger partial charge in [-0.15, -0.1) is 0 Å². The summed E-state index contributed by atoms with van der Waals surface area (Å²) in [6, 6.07) is 5.43. The number of aliphatic hydroxyl groups is 1. The summed E-state index contributed by atoms with van der Waals surface area (Å²) >= 11 is 0. The van der Waals surface area contributed by atoms with Crippen LogP contribution in [0.5, 0.6) is 11.5 Å². The van der Waals surface area contributed by atoms with Crippen molar-refractivity contribution in [3.63, 3.8) is 0 Å². The van der Waals surface area contributed by atoms with Gasteiger partial charge in [0.15, 0.2) is 0 Å². The molecule has 0 aliphatic rings. The third-order valence-corrected chi connectivity index (χ3v) is 2.57. The molecule has 3 heteroatoms. The summed E-state index contributed by atoms with van der Waals surface area (Å²) in [5.74, 6) is 7.17. The van der Waals surface area contributed by atoms with E-state index in [-0.39, 0.29) is 0 Å². The molecule has 0 heterocycles. The Kier molecular flexibility index (Phi) is 6.10. The minimum absolute atomic E-state index is 0.567. The molecule has 1 aromatic rings. The normalized spacial score (nSPS) is 11.3. The number of hydrogen-bond acceptors (Lipinski definition) is 3. The van der Waals surface area contributed by atoms with Crippen LogP contribution in [0.4, 0.5) is 0 Å². The van der Waals surface area contributed by atoms with Gasteiger partial charge in [0.25, 0.3) is 0 Å². The highest BCUT2D eigenvalue weighted by Crippen LogP contribution is 2.21. The highest BCUT2D eigenvalue weighted by Gasteiger charge is 2.01. The van der Waals surface area contributed by atoms with Crippen molar-refractivity contribution in [2.75, 3.05) is 14.2 Å². The maximum Gasteiger partial charge on any atom is 0.123 e. The van der Waals surface area contributed by atoms with Gasteiger partial charge in [0, 0.05) is 11.6 Å². The van der Waals surface area contributed by atoms with Gasteiger partial charge in [-0.05, 0) is 18.6 Å². The molecule has 0 radical (unpaired) electrons. The average Bonchev–Trinajstić information content (AvgIpc) is 2.42. The monoisotopic (exact) mass is 248 g/mol. The van der Waals surface area contributed by atoms with Gasteiger partial charge in [0.1, 0.15) is 17.6 Å². The van der Waals surface area contributed by atoms with Crippen LogP contribution in [0.25, 0.3) is 0 Å². The van der Waals surface area contributed by atoms with Gasteiger partial charge in [-0.25, -0.2) is 0 Å². The van der Waals surface area contributed by atoms with Crippen LogP contribution in [0.1, 0.15) is 31.7 Å². The van der Waals surface area contributed by atoms with E-state index in [2.05, 4.69) is 18.8 Å². The van der Waals surface area contributed by atoms with Crippen LogP contribution in [0.3, 0.4) is 0 Å². The van der Waals surface area contributed by atoms with E-state index >= 15 is 0 Å². The first-order valence-corrected chi connectivity index (χ1v) is 6.12. The molecule has 0 fully saturated rings. The molecule has 0 spiro atoms. The molecule has 1 atom stereocenters. The Morgan fingerprint density at radius 3 is 2.28 bits per heavy atom. The quantitative estimate of drug-likeness (QED) is 0.814. The van der Waals surface area contributed by atoms with Crippen molar-refractivity contribution in [2.24, 2.45) is 0 Å². The van der Waals surface area contributed by atoms with Crippen LogP contribution in [-0.2, 0) is 0 Å². The van der Waals surface area contributed by atoms with E-state index in [4.69, 9.17) is 9.47 Å². The fourth-order valence-corrected chi connectivity index (χ4v) is 1.52. The SMILES string of the molecule is CCCCC(O)C#Cc1cc(OC)cc(OC)c1. The van der Waals surface area contributed by atoms with Crippen molar-refractivity contribution < 1.29 is 14.6 Å². The fraction of sp³-hybridized carbons (Fsp3) is 0.467. The fourth-order valence-electron chi connectivity index (χ4n) is 1.52. The number of hydrogen-bond donors (Lipinski definition) is 1. The minimum atomic E-state index is -0.567. The largest absolute Gasteiger partial charge is 0.497 e. The zero-order chi connectivity index (χ0) is 13.4. The predicted octanol–water partition coefficient (Wildman–Crippen LogP) is 2.61. The van der Waals surface area contributed by atoms with Crippen LogP contribution in [-0.4, -0.2) is 25.4 Å². The second kappa shape index (κ2) is 7.62. The second-order valence-electron chi connectivity index (χ2n) is 4.03. The van der Waals surface area contributed by atoms with E-state index < -0.39 is 6.10 Å². The van der Waals surface area contributed by atoms with Gasteiger partial charge in [-0.2, -0.15) is 0 Å². The molecule has 1 N–H and O–H groups in total. The highest BCUT2D eigenvalue weighted by atomic mass is 16.5. The topological polar surface area (TPSA) is 38.7 Å². The van der Waals surface area contributed by atoms with Crippen molar-refractivity contribution in [3.05, 3.63) is 23.8 Å². The predicted molar refractivity (Wildman–Crippen MR) is 72.0 cm³/mol. The van der Waals surface area contributed by atoms with Crippen LogP contribution in [0.15, 0.2) is 18.2 Å².